The van der Waals surface area contributed by atoms with Crippen molar-refractivity contribution in [2.45, 2.75) is 348 Å². The van der Waals surface area contributed by atoms with Crippen molar-refractivity contribution in [2.24, 2.45) is 0 Å². The van der Waals surface area contributed by atoms with Crippen LogP contribution in [0.4, 0.5) is 0 Å². The number of carbonyl (C=O) groups is 3. The monoisotopic (exact) mass is 945 g/mol. The zero-order valence-electron chi connectivity index (χ0n) is 45.5. The minimum Gasteiger partial charge on any atom is -0.462 e. The Morgan fingerprint density at radius 2 is 0.493 bits per heavy atom. The van der Waals surface area contributed by atoms with E-state index in [0.29, 0.717) is 19.3 Å². The number of hydrogen-bond donors (Lipinski definition) is 0. The van der Waals surface area contributed by atoms with Crippen molar-refractivity contribution in [1.29, 1.82) is 0 Å². The Bertz CT molecular complexity index is 1040. The molecule has 0 fully saturated rings. The Morgan fingerprint density at radius 1 is 0.284 bits per heavy atom. The van der Waals surface area contributed by atoms with Crippen LogP contribution in [0, 0.1) is 0 Å². The first-order valence-corrected chi connectivity index (χ1v) is 30.2. The lowest BCUT2D eigenvalue weighted by Gasteiger charge is -2.18. The number of unbranched alkanes of at least 4 members (excludes halogenated alkanes) is 43. The van der Waals surface area contributed by atoms with Gasteiger partial charge in [0.2, 0.25) is 0 Å². The SMILES string of the molecule is CCCCCCCCC/C=C\CCCCCCCCCC(=O)OC(COC(=O)CCCCCCC)COC(=O)CCCCCCCCCCCCCCCCCCCCCCCCCCCC. The molecule has 67 heavy (non-hydrogen) atoms. The summed E-state index contributed by atoms with van der Waals surface area (Å²) in [5.74, 6) is -0.864. The number of allylic oxidation sites excluding steroid dienone is 2. The summed E-state index contributed by atoms with van der Waals surface area (Å²) >= 11 is 0. The molecule has 0 amide bonds. The second-order valence-electron chi connectivity index (χ2n) is 20.6. The van der Waals surface area contributed by atoms with E-state index in [1.807, 2.05) is 0 Å². The summed E-state index contributed by atoms with van der Waals surface area (Å²) in [4.78, 5) is 37.8. The molecule has 0 heterocycles. The molecule has 0 aromatic heterocycles. The summed E-state index contributed by atoms with van der Waals surface area (Å²) in [6.45, 7) is 6.61. The van der Waals surface area contributed by atoms with E-state index >= 15 is 0 Å². The highest BCUT2D eigenvalue weighted by molar-refractivity contribution is 5.71. The van der Waals surface area contributed by atoms with E-state index < -0.39 is 6.10 Å². The second kappa shape index (κ2) is 56.7. The van der Waals surface area contributed by atoms with Crippen molar-refractivity contribution in [3.63, 3.8) is 0 Å². The van der Waals surface area contributed by atoms with E-state index in [1.165, 1.54) is 238 Å². The molecule has 6 nitrogen and oxygen atoms in total. The van der Waals surface area contributed by atoms with Gasteiger partial charge in [0.05, 0.1) is 0 Å². The quantitative estimate of drug-likeness (QED) is 0.0262. The molecule has 0 radical (unpaired) electrons. The molecule has 396 valence electrons. The number of hydrogen-bond acceptors (Lipinski definition) is 6. The smallest absolute Gasteiger partial charge is 0.306 e. The van der Waals surface area contributed by atoms with Crippen LogP contribution in [0.3, 0.4) is 0 Å². The first-order valence-electron chi connectivity index (χ1n) is 30.2. The maximum atomic E-state index is 12.8. The minimum absolute atomic E-state index is 0.0673. The van der Waals surface area contributed by atoms with Crippen molar-refractivity contribution in [3.8, 4) is 0 Å². The van der Waals surface area contributed by atoms with E-state index in [9.17, 15) is 14.4 Å². The lowest BCUT2D eigenvalue weighted by Crippen LogP contribution is -2.30. The van der Waals surface area contributed by atoms with Gasteiger partial charge in [0, 0.05) is 19.3 Å². The summed E-state index contributed by atoms with van der Waals surface area (Å²) in [7, 11) is 0. The topological polar surface area (TPSA) is 78.9 Å². The Hall–Kier alpha value is -1.85. The van der Waals surface area contributed by atoms with Crippen LogP contribution in [-0.4, -0.2) is 37.2 Å². The highest BCUT2D eigenvalue weighted by Crippen LogP contribution is 2.18. The fourth-order valence-electron chi connectivity index (χ4n) is 9.21. The third kappa shape index (κ3) is 55.0. The zero-order valence-corrected chi connectivity index (χ0v) is 45.5. The number of carbonyl (C=O) groups excluding carboxylic acids is 3. The Balaban J connectivity index is 3.98. The summed E-state index contributed by atoms with van der Waals surface area (Å²) in [5, 5.41) is 0. The first kappa shape index (κ1) is 65.1. The summed E-state index contributed by atoms with van der Waals surface area (Å²) in [6.07, 6.45) is 65.5. The average Bonchev–Trinajstić information content (AvgIpc) is 3.33. The van der Waals surface area contributed by atoms with E-state index in [4.69, 9.17) is 14.2 Å². The van der Waals surface area contributed by atoms with E-state index in [0.717, 1.165) is 64.2 Å². The van der Waals surface area contributed by atoms with E-state index in [1.54, 1.807) is 0 Å². The Kier molecular flexibility index (Phi) is 55.2. The van der Waals surface area contributed by atoms with Gasteiger partial charge in [-0.1, -0.05) is 290 Å². The fourth-order valence-corrected chi connectivity index (χ4v) is 9.21. The molecule has 0 bridgehead atoms. The van der Waals surface area contributed by atoms with Crippen molar-refractivity contribution in [1.82, 2.24) is 0 Å². The normalized spacial score (nSPS) is 12.0. The lowest BCUT2D eigenvalue weighted by atomic mass is 10.0. The molecule has 0 aliphatic carbocycles. The van der Waals surface area contributed by atoms with Gasteiger partial charge in [-0.05, 0) is 44.9 Å². The van der Waals surface area contributed by atoms with Gasteiger partial charge < -0.3 is 14.2 Å². The molecule has 0 N–H and O–H groups in total. The van der Waals surface area contributed by atoms with Gasteiger partial charge in [0.1, 0.15) is 13.2 Å². The van der Waals surface area contributed by atoms with Gasteiger partial charge in [-0.2, -0.15) is 0 Å². The molecule has 0 aromatic rings. The average molecular weight is 946 g/mol. The van der Waals surface area contributed by atoms with Gasteiger partial charge in [-0.3, -0.25) is 14.4 Å². The van der Waals surface area contributed by atoms with Crippen molar-refractivity contribution in [3.05, 3.63) is 12.2 Å². The van der Waals surface area contributed by atoms with Crippen LogP contribution < -0.4 is 0 Å². The molecule has 0 aliphatic rings. The van der Waals surface area contributed by atoms with Crippen molar-refractivity contribution >= 4 is 17.9 Å². The number of rotatable bonds is 56. The van der Waals surface area contributed by atoms with Crippen LogP contribution in [0.25, 0.3) is 0 Å². The summed E-state index contributed by atoms with van der Waals surface area (Å²) < 4.78 is 16.7. The molecule has 0 saturated heterocycles. The van der Waals surface area contributed by atoms with Gasteiger partial charge >= 0.3 is 17.9 Å². The number of esters is 3. The van der Waals surface area contributed by atoms with Crippen LogP contribution in [0.2, 0.25) is 0 Å². The van der Waals surface area contributed by atoms with Gasteiger partial charge in [0.15, 0.2) is 6.10 Å². The highest BCUT2D eigenvalue weighted by atomic mass is 16.6. The van der Waals surface area contributed by atoms with Crippen molar-refractivity contribution in [2.75, 3.05) is 13.2 Å². The molecule has 0 rings (SSSR count). The van der Waals surface area contributed by atoms with Gasteiger partial charge in [0.25, 0.3) is 0 Å². The van der Waals surface area contributed by atoms with E-state index in [2.05, 4.69) is 32.9 Å². The van der Waals surface area contributed by atoms with E-state index in [-0.39, 0.29) is 31.1 Å². The molecular formula is C61H116O6. The van der Waals surface area contributed by atoms with Crippen LogP contribution in [-0.2, 0) is 28.6 Å². The molecule has 0 aliphatic heterocycles. The molecule has 0 aromatic carbocycles. The maximum absolute atomic E-state index is 12.8. The molecular weight excluding hydrogens is 829 g/mol. The molecule has 6 heteroatoms. The first-order chi connectivity index (χ1) is 33.0. The Morgan fingerprint density at radius 3 is 0.746 bits per heavy atom. The fraction of sp³-hybridized carbons (Fsp3) is 0.918. The third-order valence-corrected chi connectivity index (χ3v) is 13.8. The molecule has 1 unspecified atom stereocenters. The molecule has 1 atom stereocenters. The predicted molar refractivity (Wildman–Crippen MR) is 289 cm³/mol. The summed E-state index contributed by atoms with van der Waals surface area (Å²) in [6, 6.07) is 0. The van der Waals surface area contributed by atoms with Crippen LogP contribution in [0.15, 0.2) is 12.2 Å². The Labute approximate surface area is 418 Å². The standard InChI is InChI=1S/C61H116O6/c1-4-7-10-13-15-17-19-21-23-25-27-28-29-30-31-32-33-34-36-37-39-41-43-45-48-51-54-60(63)66-57-58(56-65-59(62)53-50-47-12-9-6-3)67-61(64)55-52-49-46-44-42-40-38-35-26-24-22-20-18-16-14-11-8-5-2/h24,26,58H,4-23,25,27-57H2,1-3H3/b26-24-. The largest absolute Gasteiger partial charge is 0.462 e. The highest BCUT2D eigenvalue weighted by Gasteiger charge is 2.19. The lowest BCUT2D eigenvalue weighted by molar-refractivity contribution is -0.167. The zero-order chi connectivity index (χ0) is 48.6. The summed E-state index contributed by atoms with van der Waals surface area (Å²) in [5.41, 5.74) is 0. The van der Waals surface area contributed by atoms with Crippen LogP contribution in [0.5, 0.6) is 0 Å². The molecule has 0 saturated carbocycles. The second-order valence-corrected chi connectivity index (χ2v) is 20.6. The van der Waals surface area contributed by atoms with Crippen molar-refractivity contribution < 1.29 is 28.6 Å². The predicted octanol–water partition coefficient (Wildman–Crippen LogP) is 20.1. The van der Waals surface area contributed by atoms with Gasteiger partial charge in [-0.25, -0.2) is 0 Å². The minimum atomic E-state index is -0.765. The van der Waals surface area contributed by atoms with Gasteiger partial charge in [-0.15, -0.1) is 0 Å². The number of ether oxygens (including phenoxy) is 3. The maximum Gasteiger partial charge on any atom is 0.306 e. The molecule has 0 spiro atoms. The van der Waals surface area contributed by atoms with Crippen LogP contribution in [0.1, 0.15) is 342 Å². The van der Waals surface area contributed by atoms with Crippen LogP contribution >= 0.6 is 0 Å². The third-order valence-electron chi connectivity index (χ3n) is 13.8.